The first-order valence-corrected chi connectivity index (χ1v) is 6.96. The largest absolute Gasteiger partial charge is 0.478 e. The van der Waals surface area contributed by atoms with Crippen molar-refractivity contribution in [2.24, 2.45) is 0 Å². The first-order chi connectivity index (χ1) is 11.8. The number of hydrogen-bond acceptors (Lipinski definition) is 3. The molecule has 128 valence electrons. The van der Waals surface area contributed by atoms with Crippen LogP contribution < -0.4 is 5.32 Å². The van der Waals surface area contributed by atoms with E-state index in [0.717, 1.165) is 12.1 Å². The van der Waals surface area contributed by atoms with Crippen LogP contribution in [0.4, 0.5) is 19.0 Å². The van der Waals surface area contributed by atoms with Crippen molar-refractivity contribution >= 4 is 28.6 Å². The zero-order chi connectivity index (χ0) is 18.2. The zero-order valence-electron chi connectivity index (χ0n) is 12.4. The average Bonchev–Trinajstić information content (AvgIpc) is 2.96. The summed E-state index contributed by atoms with van der Waals surface area (Å²) in [5, 5.41) is 18.2. The van der Waals surface area contributed by atoms with Crippen molar-refractivity contribution in [3.05, 3.63) is 59.2 Å². The number of anilines is 1. The SMILES string of the molecule is O=C(O)c1ccc(C(=O)Nc2n[nH]c3ccccc23)c(C(F)(F)F)c1. The third kappa shape index (κ3) is 3.16. The number of aromatic amines is 1. The number of H-pyrrole nitrogens is 1. The smallest absolute Gasteiger partial charge is 0.417 e. The van der Waals surface area contributed by atoms with Gasteiger partial charge in [0.05, 0.1) is 22.2 Å². The van der Waals surface area contributed by atoms with Gasteiger partial charge in [-0.25, -0.2) is 4.79 Å². The van der Waals surface area contributed by atoms with Crippen molar-refractivity contribution in [3.63, 3.8) is 0 Å². The van der Waals surface area contributed by atoms with E-state index in [2.05, 4.69) is 15.5 Å². The fourth-order valence-electron chi connectivity index (χ4n) is 2.34. The van der Waals surface area contributed by atoms with E-state index >= 15 is 0 Å². The topological polar surface area (TPSA) is 95.1 Å². The maximum atomic E-state index is 13.2. The van der Waals surface area contributed by atoms with Gasteiger partial charge in [-0.1, -0.05) is 12.1 Å². The second-order valence-corrected chi connectivity index (χ2v) is 5.14. The number of halogens is 3. The number of carboxylic acids is 1. The highest BCUT2D eigenvalue weighted by Crippen LogP contribution is 2.33. The molecule has 0 aliphatic carbocycles. The van der Waals surface area contributed by atoms with E-state index in [-0.39, 0.29) is 5.82 Å². The second kappa shape index (κ2) is 5.93. The number of hydrogen-bond donors (Lipinski definition) is 3. The van der Waals surface area contributed by atoms with Crippen molar-refractivity contribution in [2.45, 2.75) is 6.18 Å². The maximum Gasteiger partial charge on any atom is 0.417 e. The molecule has 0 radical (unpaired) electrons. The molecule has 3 N–H and O–H groups in total. The highest BCUT2D eigenvalue weighted by molar-refractivity contribution is 6.09. The molecule has 3 aromatic rings. The van der Waals surface area contributed by atoms with E-state index in [0.29, 0.717) is 17.0 Å². The van der Waals surface area contributed by atoms with Crippen molar-refractivity contribution in [1.82, 2.24) is 10.2 Å². The van der Waals surface area contributed by atoms with Crippen LogP contribution in [0.1, 0.15) is 26.3 Å². The van der Waals surface area contributed by atoms with Gasteiger partial charge in [-0.3, -0.25) is 9.89 Å². The van der Waals surface area contributed by atoms with Crippen LogP contribution in [0.25, 0.3) is 10.9 Å². The Morgan fingerprint density at radius 3 is 2.52 bits per heavy atom. The Labute approximate surface area is 138 Å². The minimum atomic E-state index is -4.88. The summed E-state index contributed by atoms with van der Waals surface area (Å²) in [5.41, 5.74) is -1.97. The summed E-state index contributed by atoms with van der Waals surface area (Å²) in [4.78, 5) is 23.2. The second-order valence-electron chi connectivity index (χ2n) is 5.14. The lowest BCUT2D eigenvalue weighted by Gasteiger charge is -2.13. The Hall–Kier alpha value is -3.36. The van der Waals surface area contributed by atoms with Gasteiger partial charge in [0.1, 0.15) is 0 Å². The van der Waals surface area contributed by atoms with Crippen LogP contribution in [0, 0.1) is 0 Å². The molecular weight excluding hydrogens is 339 g/mol. The molecule has 0 saturated heterocycles. The number of para-hydroxylation sites is 1. The Morgan fingerprint density at radius 2 is 1.84 bits per heavy atom. The lowest BCUT2D eigenvalue weighted by atomic mass is 10.0. The van der Waals surface area contributed by atoms with Crippen LogP contribution in [0.3, 0.4) is 0 Å². The number of carbonyl (C=O) groups is 2. The molecular formula is C16H10F3N3O3. The highest BCUT2D eigenvalue weighted by atomic mass is 19.4. The molecule has 0 aliphatic heterocycles. The third-order valence-electron chi connectivity index (χ3n) is 3.52. The fraction of sp³-hybridized carbons (Fsp3) is 0.0625. The molecule has 0 bridgehead atoms. The van der Waals surface area contributed by atoms with Gasteiger partial charge in [0.2, 0.25) is 0 Å². The van der Waals surface area contributed by atoms with Crippen molar-refractivity contribution < 1.29 is 27.9 Å². The summed E-state index contributed by atoms with van der Waals surface area (Å²) in [5.74, 6) is -2.48. The molecule has 1 amide bonds. The number of nitrogens with one attached hydrogen (secondary N) is 2. The number of carboxylic acid groups (broad SMARTS) is 1. The molecule has 2 aromatic carbocycles. The molecule has 1 heterocycles. The van der Waals surface area contributed by atoms with Gasteiger partial charge < -0.3 is 10.4 Å². The predicted octanol–water partition coefficient (Wildman–Crippen LogP) is 3.53. The Kier molecular flexibility index (Phi) is 3.91. The van der Waals surface area contributed by atoms with E-state index in [1.807, 2.05) is 0 Å². The van der Waals surface area contributed by atoms with E-state index in [4.69, 9.17) is 5.11 Å². The number of carbonyl (C=O) groups excluding carboxylic acids is 1. The Morgan fingerprint density at radius 1 is 1.12 bits per heavy atom. The van der Waals surface area contributed by atoms with Crippen LogP contribution in [0.5, 0.6) is 0 Å². The Balaban J connectivity index is 2.00. The number of nitrogens with zero attached hydrogens (tertiary/aromatic N) is 1. The number of aromatic nitrogens is 2. The molecule has 3 rings (SSSR count). The average molecular weight is 349 g/mol. The molecule has 6 nitrogen and oxygen atoms in total. The van der Waals surface area contributed by atoms with Crippen molar-refractivity contribution in [2.75, 3.05) is 5.32 Å². The van der Waals surface area contributed by atoms with E-state index in [1.165, 1.54) is 0 Å². The van der Waals surface area contributed by atoms with Crippen LogP contribution >= 0.6 is 0 Å². The molecule has 25 heavy (non-hydrogen) atoms. The van der Waals surface area contributed by atoms with Crippen LogP contribution in [-0.4, -0.2) is 27.2 Å². The molecule has 0 atom stereocenters. The van der Waals surface area contributed by atoms with Gasteiger partial charge in [0.25, 0.3) is 5.91 Å². The number of aromatic carboxylic acids is 1. The first-order valence-electron chi connectivity index (χ1n) is 6.96. The fourth-order valence-corrected chi connectivity index (χ4v) is 2.34. The monoisotopic (exact) mass is 349 g/mol. The van der Waals surface area contributed by atoms with Gasteiger partial charge in [-0.15, -0.1) is 0 Å². The van der Waals surface area contributed by atoms with Gasteiger partial charge >= 0.3 is 12.1 Å². The summed E-state index contributed by atoms with van der Waals surface area (Å²) in [6, 6.07) is 8.97. The minimum absolute atomic E-state index is 0.0797. The number of fused-ring (bicyclic) bond motifs is 1. The third-order valence-corrected chi connectivity index (χ3v) is 3.52. The summed E-state index contributed by atoms with van der Waals surface area (Å²) < 4.78 is 39.6. The number of rotatable bonds is 3. The lowest BCUT2D eigenvalue weighted by Crippen LogP contribution is -2.20. The summed E-state index contributed by atoms with van der Waals surface area (Å²) in [6.45, 7) is 0. The van der Waals surface area contributed by atoms with Gasteiger partial charge in [0.15, 0.2) is 5.82 Å². The summed E-state index contributed by atoms with van der Waals surface area (Å²) >= 11 is 0. The zero-order valence-corrected chi connectivity index (χ0v) is 12.4. The standard InChI is InChI=1S/C16H10F3N3O3/c17-16(18,19)11-7-8(15(24)25)5-6-9(11)14(23)20-13-10-3-1-2-4-12(10)21-22-13/h1-7H,(H,24,25)(H2,20,21,22,23). The van der Waals surface area contributed by atoms with Gasteiger partial charge in [0, 0.05) is 5.39 Å². The maximum absolute atomic E-state index is 13.2. The summed E-state index contributed by atoms with van der Waals surface area (Å²) in [6.07, 6.45) is -4.88. The van der Waals surface area contributed by atoms with E-state index in [9.17, 15) is 22.8 Å². The van der Waals surface area contributed by atoms with Gasteiger partial charge in [-0.05, 0) is 30.3 Å². The van der Waals surface area contributed by atoms with Crippen LogP contribution in [-0.2, 0) is 6.18 Å². The Bertz CT molecular complexity index is 979. The van der Waals surface area contributed by atoms with Gasteiger partial charge in [-0.2, -0.15) is 18.3 Å². The summed E-state index contributed by atoms with van der Waals surface area (Å²) in [7, 11) is 0. The minimum Gasteiger partial charge on any atom is -0.478 e. The van der Waals surface area contributed by atoms with Crippen molar-refractivity contribution in [3.8, 4) is 0 Å². The molecule has 9 heteroatoms. The van der Waals surface area contributed by atoms with E-state index in [1.54, 1.807) is 24.3 Å². The molecule has 0 aliphatic rings. The molecule has 0 unspecified atom stereocenters. The predicted molar refractivity (Wildman–Crippen MR) is 82.5 cm³/mol. The van der Waals surface area contributed by atoms with Crippen LogP contribution in [0.15, 0.2) is 42.5 Å². The first kappa shape index (κ1) is 16.5. The van der Waals surface area contributed by atoms with Crippen LogP contribution in [0.2, 0.25) is 0 Å². The molecule has 1 aromatic heterocycles. The molecule has 0 spiro atoms. The number of amides is 1. The lowest BCUT2D eigenvalue weighted by molar-refractivity contribution is -0.137. The highest BCUT2D eigenvalue weighted by Gasteiger charge is 2.36. The molecule has 0 saturated carbocycles. The normalized spacial score (nSPS) is 11.5. The van der Waals surface area contributed by atoms with E-state index < -0.39 is 34.7 Å². The molecule has 0 fully saturated rings. The van der Waals surface area contributed by atoms with Crippen molar-refractivity contribution in [1.29, 1.82) is 0 Å². The number of benzene rings is 2. The number of alkyl halides is 3. The quantitative estimate of drug-likeness (QED) is 0.674.